The van der Waals surface area contributed by atoms with E-state index in [-0.39, 0.29) is 5.69 Å². The quantitative estimate of drug-likeness (QED) is 0.770. The SMILES string of the molecule is CCN1CCc2c(C(=O)O)nn(C)c2C1. The third-order valence-corrected chi connectivity index (χ3v) is 2.98. The number of aromatic nitrogens is 2. The van der Waals surface area contributed by atoms with Crippen LogP contribution < -0.4 is 0 Å². The molecule has 0 spiro atoms. The van der Waals surface area contributed by atoms with Gasteiger partial charge in [0.05, 0.1) is 5.69 Å². The van der Waals surface area contributed by atoms with Crippen LogP contribution in [0.3, 0.4) is 0 Å². The summed E-state index contributed by atoms with van der Waals surface area (Å²) in [4.78, 5) is 13.2. The first-order valence-electron chi connectivity index (χ1n) is 5.14. The summed E-state index contributed by atoms with van der Waals surface area (Å²) in [5, 5.41) is 13.0. The molecule has 15 heavy (non-hydrogen) atoms. The van der Waals surface area contributed by atoms with Gasteiger partial charge in [-0.2, -0.15) is 5.10 Å². The highest BCUT2D eigenvalue weighted by Crippen LogP contribution is 2.21. The van der Waals surface area contributed by atoms with E-state index in [1.165, 1.54) is 0 Å². The summed E-state index contributed by atoms with van der Waals surface area (Å²) in [6.07, 6.45) is 0.790. The maximum absolute atomic E-state index is 10.9. The van der Waals surface area contributed by atoms with Crippen LogP contribution in [0.15, 0.2) is 0 Å². The van der Waals surface area contributed by atoms with Gasteiger partial charge in [0, 0.05) is 25.7 Å². The largest absolute Gasteiger partial charge is 0.476 e. The average Bonchev–Trinajstić information content (AvgIpc) is 2.56. The van der Waals surface area contributed by atoms with Crippen LogP contribution in [-0.4, -0.2) is 38.8 Å². The molecule has 5 heteroatoms. The molecule has 1 aromatic heterocycles. The minimum atomic E-state index is -0.920. The number of carboxylic acid groups (broad SMARTS) is 1. The zero-order chi connectivity index (χ0) is 11.0. The summed E-state index contributed by atoms with van der Waals surface area (Å²) in [5.74, 6) is -0.920. The number of aryl methyl sites for hydroxylation is 1. The molecule has 0 unspecified atom stereocenters. The van der Waals surface area contributed by atoms with Crippen molar-refractivity contribution < 1.29 is 9.90 Å². The Balaban J connectivity index is 2.40. The van der Waals surface area contributed by atoms with E-state index in [2.05, 4.69) is 16.9 Å². The van der Waals surface area contributed by atoms with E-state index in [0.29, 0.717) is 0 Å². The number of rotatable bonds is 2. The molecule has 1 aliphatic heterocycles. The standard InChI is InChI=1S/C10H15N3O2/c1-3-13-5-4-7-8(6-13)12(2)11-9(7)10(14)15/h3-6H2,1-2H3,(H,14,15). The third-order valence-electron chi connectivity index (χ3n) is 2.98. The van der Waals surface area contributed by atoms with Gasteiger partial charge in [-0.05, 0) is 13.0 Å². The van der Waals surface area contributed by atoms with Crippen molar-refractivity contribution in [2.75, 3.05) is 13.1 Å². The average molecular weight is 209 g/mol. The molecule has 0 amide bonds. The van der Waals surface area contributed by atoms with Gasteiger partial charge in [0.15, 0.2) is 5.69 Å². The van der Waals surface area contributed by atoms with E-state index in [1.54, 1.807) is 4.68 Å². The van der Waals surface area contributed by atoms with Gasteiger partial charge in [-0.15, -0.1) is 0 Å². The minimum absolute atomic E-state index is 0.225. The molecule has 82 valence electrons. The Kier molecular flexibility index (Phi) is 2.48. The highest BCUT2D eigenvalue weighted by molar-refractivity contribution is 5.87. The molecule has 0 atom stereocenters. The summed E-state index contributed by atoms with van der Waals surface area (Å²) >= 11 is 0. The maximum atomic E-state index is 10.9. The molecule has 0 fully saturated rings. The molecule has 1 N–H and O–H groups in total. The fourth-order valence-corrected chi connectivity index (χ4v) is 2.07. The summed E-state index contributed by atoms with van der Waals surface area (Å²) < 4.78 is 1.70. The second-order valence-electron chi connectivity index (χ2n) is 3.82. The molecule has 0 saturated carbocycles. The van der Waals surface area contributed by atoms with E-state index in [1.807, 2.05) is 7.05 Å². The lowest BCUT2D eigenvalue weighted by Gasteiger charge is -2.25. The lowest BCUT2D eigenvalue weighted by Crippen LogP contribution is -2.31. The molecule has 1 aromatic rings. The minimum Gasteiger partial charge on any atom is -0.476 e. The fourth-order valence-electron chi connectivity index (χ4n) is 2.07. The van der Waals surface area contributed by atoms with Crippen LogP contribution in [-0.2, 0) is 20.0 Å². The third kappa shape index (κ3) is 1.63. The number of nitrogens with zero attached hydrogens (tertiary/aromatic N) is 3. The summed E-state index contributed by atoms with van der Waals surface area (Å²) in [6.45, 7) is 4.84. The molecule has 0 saturated heterocycles. The van der Waals surface area contributed by atoms with E-state index in [9.17, 15) is 4.79 Å². The number of carboxylic acids is 1. The Morgan fingerprint density at radius 2 is 2.33 bits per heavy atom. The summed E-state index contributed by atoms with van der Waals surface area (Å²) in [5.41, 5.74) is 2.18. The highest BCUT2D eigenvalue weighted by Gasteiger charge is 2.25. The molecule has 2 rings (SSSR count). The van der Waals surface area contributed by atoms with Crippen LogP contribution in [0.5, 0.6) is 0 Å². The zero-order valence-corrected chi connectivity index (χ0v) is 9.03. The van der Waals surface area contributed by atoms with Crippen LogP contribution in [0.25, 0.3) is 0 Å². The second-order valence-corrected chi connectivity index (χ2v) is 3.82. The van der Waals surface area contributed by atoms with Crippen LogP contribution in [0, 0.1) is 0 Å². The van der Waals surface area contributed by atoms with E-state index < -0.39 is 5.97 Å². The Morgan fingerprint density at radius 1 is 1.60 bits per heavy atom. The van der Waals surface area contributed by atoms with Gasteiger partial charge in [0.2, 0.25) is 0 Å². The van der Waals surface area contributed by atoms with E-state index in [4.69, 9.17) is 5.11 Å². The predicted molar refractivity (Wildman–Crippen MR) is 54.8 cm³/mol. The molecule has 0 radical (unpaired) electrons. The first kappa shape index (κ1) is 10.2. The zero-order valence-electron chi connectivity index (χ0n) is 9.03. The van der Waals surface area contributed by atoms with E-state index >= 15 is 0 Å². The van der Waals surface area contributed by atoms with Gasteiger partial charge in [-0.25, -0.2) is 4.79 Å². The van der Waals surface area contributed by atoms with Crippen LogP contribution in [0.4, 0.5) is 0 Å². The van der Waals surface area contributed by atoms with Crippen LogP contribution in [0.2, 0.25) is 0 Å². The molecule has 0 bridgehead atoms. The van der Waals surface area contributed by atoms with Crippen molar-refractivity contribution in [3.63, 3.8) is 0 Å². The topological polar surface area (TPSA) is 58.4 Å². The van der Waals surface area contributed by atoms with Gasteiger partial charge in [-0.1, -0.05) is 6.92 Å². The Hall–Kier alpha value is -1.36. The summed E-state index contributed by atoms with van der Waals surface area (Å²) in [7, 11) is 1.81. The number of aromatic carboxylic acids is 1. The van der Waals surface area contributed by atoms with Gasteiger partial charge in [0.25, 0.3) is 0 Å². The van der Waals surface area contributed by atoms with Crippen molar-refractivity contribution >= 4 is 5.97 Å². The van der Waals surface area contributed by atoms with Gasteiger partial charge in [-0.3, -0.25) is 9.58 Å². The molecule has 0 aliphatic carbocycles. The van der Waals surface area contributed by atoms with Crippen molar-refractivity contribution in [1.29, 1.82) is 0 Å². The first-order valence-corrected chi connectivity index (χ1v) is 5.14. The van der Waals surface area contributed by atoms with Crippen molar-refractivity contribution in [2.45, 2.75) is 19.9 Å². The lowest BCUT2D eigenvalue weighted by molar-refractivity contribution is 0.0688. The molecule has 2 heterocycles. The molecule has 0 aromatic carbocycles. The second kappa shape index (κ2) is 3.66. The van der Waals surface area contributed by atoms with Crippen LogP contribution >= 0.6 is 0 Å². The highest BCUT2D eigenvalue weighted by atomic mass is 16.4. The maximum Gasteiger partial charge on any atom is 0.356 e. The number of fused-ring (bicyclic) bond motifs is 1. The van der Waals surface area contributed by atoms with Crippen molar-refractivity contribution in [1.82, 2.24) is 14.7 Å². The number of carbonyl (C=O) groups is 1. The van der Waals surface area contributed by atoms with Crippen molar-refractivity contribution in [3.8, 4) is 0 Å². The number of hydrogen-bond donors (Lipinski definition) is 1. The molecular formula is C10H15N3O2. The normalized spacial score (nSPS) is 16.4. The predicted octanol–water partition coefficient (Wildman–Crippen LogP) is 0.496. The molecular weight excluding hydrogens is 194 g/mol. The lowest BCUT2D eigenvalue weighted by atomic mass is 10.0. The fraction of sp³-hybridized carbons (Fsp3) is 0.600. The van der Waals surface area contributed by atoms with Gasteiger partial charge in [0.1, 0.15) is 0 Å². The van der Waals surface area contributed by atoms with Crippen molar-refractivity contribution in [2.24, 2.45) is 7.05 Å². The van der Waals surface area contributed by atoms with Crippen molar-refractivity contribution in [3.05, 3.63) is 17.0 Å². The number of likely N-dealkylation sites (N-methyl/N-ethyl adjacent to an activating group) is 1. The molecule has 5 nitrogen and oxygen atoms in total. The Bertz CT molecular complexity index is 398. The number of hydrogen-bond acceptors (Lipinski definition) is 3. The summed E-state index contributed by atoms with van der Waals surface area (Å²) in [6, 6.07) is 0. The Morgan fingerprint density at radius 3 is 2.93 bits per heavy atom. The van der Waals surface area contributed by atoms with Gasteiger partial charge < -0.3 is 5.11 Å². The van der Waals surface area contributed by atoms with Gasteiger partial charge >= 0.3 is 5.97 Å². The smallest absolute Gasteiger partial charge is 0.356 e. The Labute approximate surface area is 88.3 Å². The molecule has 1 aliphatic rings. The monoisotopic (exact) mass is 209 g/mol. The van der Waals surface area contributed by atoms with E-state index in [0.717, 1.165) is 37.3 Å². The van der Waals surface area contributed by atoms with Crippen LogP contribution in [0.1, 0.15) is 28.7 Å². The first-order chi connectivity index (χ1) is 7.13.